The number of nitrogens with zero attached hydrogens (tertiary/aromatic N) is 2. The van der Waals surface area contributed by atoms with E-state index in [1.807, 2.05) is 30.3 Å². The van der Waals surface area contributed by atoms with Crippen molar-refractivity contribution in [2.24, 2.45) is 0 Å². The molecule has 23 heavy (non-hydrogen) atoms. The van der Waals surface area contributed by atoms with E-state index < -0.39 is 0 Å². The van der Waals surface area contributed by atoms with Gasteiger partial charge in [-0.05, 0) is 30.3 Å². The monoisotopic (exact) mass is 332 g/mol. The third-order valence-corrected chi connectivity index (χ3v) is 4.48. The van der Waals surface area contributed by atoms with Crippen LogP contribution in [0.1, 0.15) is 5.56 Å². The second kappa shape index (κ2) is 6.98. The Labute approximate surface area is 140 Å². The number of halogens is 1. The number of hydrogen-bond donors (Lipinski definition) is 1. The van der Waals surface area contributed by atoms with Crippen molar-refractivity contribution in [1.82, 2.24) is 0 Å². The minimum absolute atomic E-state index is 0.148. The van der Waals surface area contributed by atoms with Crippen molar-refractivity contribution in [2.45, 2.75) is 6.54 Å². The van der Waals surface area contributed by atoms with Gasteiger partial charge in [-0.3, -0.25) is 10.1 Å². The first kappa shape index (κ1) is 15.8. The van der Waals surface area contributed by atoms with Gasteiger partial charge in [0.15, 0.2) is 0 Å². The fraction of sp³-hybridized carbons (Fsp3) is 0.294. The summed E-state index contributed by atoms with van der Waals surface area (Å²) in [6, 6.07) is 14.8. The normalized spacial score (nSPS) is 15.6. The highest BCUT2D eigenvalue weighted by Crippen LogP contribution is 2.19. The average molecular weight is 333 g/mol. The van der Waals surface area contributed by atoms with E-state index in [1.165, 1.54) is 10.6 Å². The van der Waals surface area contributed by atoms with Crippen molar-refractivity contribution in [3.8, 4) is 0 Å². The van der Waals surface area contributed by atoms with Gasteiger partial charge >= 0.3 is 0 Å². The van der Waals surface area contributed by atoms with Crippen LogP contribution >= 0.6 is 11.6 Å². The second-order valence-corrected chi connectivity index (χ2v) is 6.25. The second-order valence-electron chi connectivity index (χ2n) is 5.82. The van der Waals surface area contributed by atoms with Crippen molar-refractivity contribution in [3.63, 3.8) is 0 Å². The molecule has 0 bridgehead atoms. The van der Waals surface area contributed by atoms with E-state index in [-0.39, 0.29) is 10.6 Å². The van der Waals surface area contributed by atoms with E-state index in [0.29, 0.717) is 0 Å². The molecule has 5 nitrogen and oxygen atoms in total. The van der Waals surface area contributed by atoms with Gasteiger partial charge in [0.25, 0.3) is 5.69 Å². The van der Waals surface area contributed by atoms with Crippen LogP contribution in [0.5, 0.6) is 0 Å². The van der Waals surface area contributed by atoms with Gasteiger partial charge in [-0.15, -0.1) is 0 Å². The van der Waals surface area contributed by atoms with Gasteiger partial charge in [-0.1, -0.05) is 17.7 Å². The standard InChI is InChI=1S/C17H18ClN3O2/c18-15-2-1-3-17(12-15)20-10-8-19(9-11-20)13-14-4-6-16(7-5-14)21(22)23/h1-7,12H,8-11,13H2/p+1. The summed E-state index contributed by atoms with van der Waals surface area (Å²) in [6.45, 7) is 4.97. The molecule has 0 saturated carbocycles. The number of nitrogens with one attached hydrogen (secondary N) is 1. The predicted molar refractivity (Wildman–Crippen MR) is 91.2 cm³/mol. The summed E-state index contributed by atoms with van der Waals surface area (Å²) in [6.07, 6.45) is 0. The molecule has 1 aliphatic rings. The molecule has 0 atom stereocenters. The van der Waals surface area contributed by atoms with Crippen molar-refractivity contribution in [2.75, 3.05) is 31.1 Å². The van der Waals surface area contributed by atoms with Crippen LogP contribution in [0.4, 0.5) is 11.4 Å². The fourth-order valence-electron chi connectivity index (χ4n) is 2.95. The highest BCUT2D eigenvalue weighted by atomic mass is 35.5. The van der Waals surface area contributed by atoms with Gasteiger partial charge in [0.05, 0.1) is 31.1 Å². The van der Waals surface area contributed by atoms with Crippen LogP contribution in [0.15, 0.2) is 48.5 Å². The van der Waals surface area contributed by atoms with Gasteiger partial charge in [-0.2, -0.15) is 0 Å². The molecule has 1 fully saturated rings. The largest absolute Gasteiger partial charge is 0.360 e. The number of nitro groups is 1. The Morgan fingerprint density at radius 3 is 2.43 bits per heavy atom. The first-order valence-corrected chi connectivity index (χ1v) is 8.07. The van der Waals surface area contributed by atoms with Gasteiger partial charge in [0.1, 0.15) is 6.54 Å². The number of quaternary nitrogens is 1. The van der Waals surface area contributed by atoms with Crippen molar-refractivity contribution < 1.29 is 9.82 Å². The number of hydrogen-bond acceptors (Lipinski definition) is 3. The predicted octanol–water partition coefficient (Wildman–Crippen LogP) is 2.15. The molecule has 0 aromatic heterocycles. The molecule has 0 amide bonds. The van der Waals surface area contributed by atoms with Gasteiger partial charge in [0.2, 0.25) is 0 Å². The lowest BCUT2D eigenvalue weighted by Gasteiger charge is -2.33. The highest BCUT2D eigenvalue weighted by molar-refractivity contribution is 6.30. The summed E-state index contributed by atoms with van der Waals surface area (Å²) in [5.74, 6) is 0. The molecule has 0 unspecified atom stereocenters. The summed E-state index contributed by atoms with van der Waals surface area (Å²) < 4.78 is 0. The summed E-state index contributed by atoms with van der Waals surface area (Å²) >= 11 is 6.06. The summed E-state index contributed by atoms with van der Waals surface area (Å²) in [7, 11) is 0. The third kappa shape index (κ3) is 4.00. The zero-order chi connectivity index (χ0) is 16.2. The van der Waals surface area contributed by atoms with Gasteiger partial charge in [-0.25, -0.2) is 0 Å². The maximum absolute atomic E-state index is 10.7. The summed E-state index contributed by atoms with van der Waals surface area (Å²) in [5.41, 5.74) is 2.46. The topological polar surface area (TPSA) is 50.8 Å². The van der Waals surface area contributed by atoms with Crippen LogP contribution in [0.3, 0.4) is 0 Å². The van der Waals surface area contributed by atoms with E-state index >= 15 is 0 Å². The van der Waals surface area contributed by atoms with E-state index in [2.05, 4.69) is 11.0 Å². The van der Waals surface area contributed by atoms with Crippen LogP contribution in [0.25, 0.3) is 0 Å². The van der Waals surface area contributed by atoms with Gasteiger partial charge < -0.3 is 9.80 Å². The van der Waals surface area contributed by atoms with Crippen molar-refractivity contribution in [3.05, 3.63) is 69.2 Å². The molecular weight excluding hydrogens is 314 g/mol. The Balaban J connectivity index is 1.55. The molecule has 120 valence electrons. The van der Waals surface area contributed by atoms with Crippen LogP contribution in [0.2, 0.25) is 5.02 Å². The smallest absolute Gasteiger partial charge is 0.269 e. The molecule has 1 N–H and O–H groups in total. The Bertz CT molecular complexity index is 682. The molecule has 1 saturated heterocycles. The molecule has 0 radical (unpaired) electrons. The molecule has 0 spiro atoms. The quantitative estimate of drug-likeness (QED) is 0.689. The number of benzene rings is 2. The number of non-ortho nitro benzene ring substituents is 1. The molecule has 6 heteroatoms. The molecule has 1 heterocycles. The Kier molecular flexibility index (Phi) is 4.79. The third-order valence-electron chi connectivity index (χ3n) is 4.25. The van der Waals surface area contributed by atoms with Crippen LogP contribution in [-0.4, -0.2) is 31.1 Å². The Hall–Kier alpha value is -2.11. The number of nitro benzene ring substituents is 1. The zero-order valence-corrected chi connectivity index (χ0v) is 13.5. The number of anilines is 1. The fourth-order valence-corrected chi connectivity index (χ4v) is 3.14. The SMILES string of the molecule is O=[N+]([O-])c1ccc(C[NH+]2CCN(c3cccc(Cl)c3)CC2)cc1. The molecule has 3 rings (SSSR count). The Morgan fingerprint density at radius 1 is 1.13 bits per heavy atom. The van der Waals surface area contributed by atoms with E-state index in [1.54, 1.807) is 12.1 Å². The lowest BCUT2D eigenvalue weighted by Crippen LogP contribution is -3.13. The van der Waals surface area contributed by atoms with Crippen molar-refractivity contribution in [1.29, 1.82) is 0 Å². The van der Waals surface area contributed by atoms with E-state index in [4.69, 9.17) is 11.6 Å². The molecule has 2 aromatic rings. The van der Waals surface area contributed by atoms with Crippen molar-refractivity contribution >= 4 is 23.0 Å². The lowest BCUT2D eigenvalue weighted by atomic mass is 10.1. The lowest BCUT2D eigenvalue weighted by molar-refractivity contribution is -0.914. The van der Waals surface area contributed by atoms with Crippen LogP contribution in [-0.2, 0) is 6.54 Å². The zero-order valence-electron chi connectivity index (χ0n) is 12.7. The first-order valence-electron chi connectivity index (χ1n) is 7.69. The maximum Gasteiger partial charge on any atom is 0.269 e. The molecular formula is C17H19ClN3O2+. The minimum Gasteiger partial charge on any atom is -0.360 e. The van der Waals surface area contributed by atoms with Crippen LogP contribution < -0.4 is 9.80 Å². The number of piperazine rings is 1. The molecule has 1 aliphatic heterocycles. The highest BCUT2D eigenvalue weighted by Gasteiger charge is 2.20. The average Bonchev–Trinajstić information content (AvgIpc) is 2.56. The molecule has 2 aromatic carbocycles. The first-order chi connectivity index (χ1) is 11.1. The van der Waals surface area contributed by atoms with Gasteiger partial charge in [0, 0.05) is 28.4 Å². The summed E-state index contributed by atoms with van der Waals surface area (Å²) in [5, 5.41) is 11.4. The minimum atomic E-state index is -0.361. The Morgan fingerprint density at radius 2 is 1.83 bits per heavy atom. The van der Waals surface area contributed by atoms with E-state index in [9.17, 15) is 10.1 Å². The number of rotatable bonds is 4. The van der Waals surface area contributed by atoms with E-state index in [0.717, 1.165) is 43.3 Å². The van der Waals surface area contributed by atoms with Crippen LogP contribution in [0, 0.1) is 10.1 Å². The maximum atomic E-state index is 10.7. The molecule has 0 aliphatic carbocycles. The summed E-state index contributed by atoms with van der Waals surface area (Å²) in [4.78, 5) is 14.2.